The first kappa shape index (κ1) is 21.9. The van der Waals surface area contributed by atoms with Crippen molar-refractivity contribution < 1.29 is 14.2 Å². The van der Waals surface area contributed by atoms with Crippen molar-refractivity contribution >= 4 is 17.3 Å². The number of nitrogens with zero attached hydrogens (tertiary/aromatic N) is 3. The number of para-hydroxylation sites is 1. The first-order valence-electron chi connectivity index (χ1n) is 10.3. The summed E-state index contributed by atoms with van der Waals surface area (Å²) in [6.45, 7) is 6.37. The van der Waals surface area contributed by atoms with E-state index in [1.165, 1.54) is 6.07 Å². The summed E-state index contributed by atoms with van der Waals surface area (Å²) >= 11 is 0. The number of rotatable bonds is 5. The Kier molecular flexibility index (Phi) is 5.74. The Morgan fingerprint density at radius 1 is 0.970 bits per heavy atom. The van der Waals surface area contributed by atoms with Crippen molar-refractivity contribution in [3.8, 4) is 22.8 Å². The molecule has 1 N–H and O–H groups in total. The molecule has 8 heteroatoms. The molecule has 3 aromatic carbocycles. The van der Waals surface area contributed by atoms with Gasteiger partial charge in [0.15, 0.2) is 0 Å². The number of aromatic nitrogens is 2. The van der Waals surface area contributed by atoms with Gasteiger partial charge in [-0.2, -0.15) is 4.98 Å². The lowest BCUT2D eigenvalue weighted by Crippen LogP contribution is -2.14. The quantitative estimate of drug-likeness (QED) is 0.306. The molecule has 33 heavy (non-hydrogen) atoms. The van der Waals surface area contributed by atoms with E-state index in [0.717, 1.165) is 5.56 Å². The molecular formula is C25H22N4O4. The normalized spacial score (nSPS) is 11.2. The minimum Gasteiger partial charge on any atom is -0.333 e. The van der Waals surface area contributed by atoms with Gasteiger partial charge in [0.05, 0.1) is 4.92 Å². The molecule has 4 aromatic rings. The van der Waals surface area contributed by atoms with Crippen molar-refractivity contribution in [3.63, 3.8) is 0 Å². The van der Waals surface area contributed by atoms with E-state index in [2.05, 4.69) is 36.2 Å². The lowest BCUT2D eigenvalue weighted by Gasteiger charge is -2.19. The van der Waals surface area contributed by atoms with Gasteiger partial charge in [-0.05, 0) is 53.4 Å². The lowest BCUT2D eigenvalue weighted by molar-refractivity contribution is -0.384. The van der Waals surface area contributed by atoms with Crippen molar-refractivity contribution in [3.05, 3.63) is 94.0 Å². The highest BCUT2D eigenvalue weighted by atomic mass is 16.6. The summed E-state index contributed by atoms with van der Waals surface area (Å²) in [5.41, 5.74) is 3.15. The number of carbonyl (C=O) groups excluding carboxylic acids is 1. The molecule has 0 spiro atoms. The second-order valence-electron chi connectivity index (χ2n) is 8.56. The first-order valence-corrected chi connectivity index (χ1v) is 10.3. The van der Waals surface area contributed by atoms with Gasteiger partial charge in [0.25, 0.3) is 17.5 Å². The van der Waals surface area contributed by atoms with Crippen molar-refractivity contribution in [2.45, 2.75) is 26.2 Å². The number of anilines is 1. The van der Waals surface area contributed by atoms with Crippen LogP contribution in [-0.4, -0.2) is 21.0 Å². The smallest absolute Gasteiger partial charge is 0.282 e. The number of nitro benzene ring substituents is 1. The fraction of sp³-hybridized carbons (Fsp3) is 0.160. The van der Waals surface area contributed by atoms with Crippen molar-refractivity contribution in [1.29, 1.82) is 0 Å². The van der Waals surface area contributed by atoms with Gasteiger partial charge in [-0.15, -0.1) is 0 Å². The molecule has 8 nitrogen and oxygen atoms in total. The Labute approximate surface area is 190 Å². The summed E-state index contributed by atoms with van der Waals surface area (Å²) in [5.74, 6) is 0.147. The Balaban J connectivity index is 1.48. The number of nitrogens with one attached hydrogen (secondary N) is 1. The predicted octanol–water partition coefficient (Wildman–Crippen LogP) is 5.86. The number of carbonyl (C=O) groups is 1. The molecule has 1 amide bonds. The third-order valence-corrected chi connectivity index (χ3v) is 5.17. The fourth-order valence-corrected chi connectivity index (χ4v) is 3.29. The maximum Gasteiger partial charge on any atom is 0.282 e. The zero-order valence-corrected chi connectivity index (χ0v) is 18.4. The van der Waals surface area contributed by atoms with Crippen LogP contribution in [0.15, 0.2) is 77.3 Å². The van der Waals surface area contributed by atoms with Gasteiger partial charge < -0.3 is 9.84 Å². The monoisotopic (exact) mass is 442 g/mol. The summed E-state index contributed by atoms with van der Waals surface area (Å²) < 4.78 is 5.25. The van der Waals surface area contributed by atoms with Crippen LogP contribution in [0, 0.1) is 10.1 Å². The van der Waals surface area contributed by atoms with Crippen molar-refractivity contribution in [2.75, 3.05) is 5.32 Å². The third-order valence-electron chi connectivity index (χ3n) is 5.17. The minimum atomic E-state index is -0.493. The van der Waals surface area contributed by atoms with Crippen LogP contribution < -0.4 is 5.32 Å². The molecule has 0 aliphatic carbocycles. The minimum absolute atomic E-state index is 0.0191. The molecule has 0 aliphatic heterocycles. The van der Waals surface area contributed by atoms with Crippen LogP contribution in [0.4, 0.5) is 11.4 Å². The number of hydrogen-bond acceptors (Lipinski definition) is 6. The van der Waals surface area contributed by atoms with E-state index in [0.29, 0.717) is 22.6 Å². The Morgan fingerprint density at radius 3 is 2.27 bits per heavy atom. The van der Waals surface area contributed by atoms with E-state index in [4.69, 9.17) is 4.52 Å². The molecule has 0 radical (unpaired) electrons. The van der Waals surface area contributed by atoms with Gasteiger partial charge in [-0.1, -0.05) is 50.2 Å². The molecule has 0 bridgehead atoms. The average molecular weight is 442 g/mol. The van der Waals surface area contributed by atoms with Crippen LogP contribution in [-0.2, 0) is 5.41 Å². The van der Waals surface area contributed by atoms with E-state index in [9.17, 15) is 14.9 Å². The molecule has 1 aromatic heterocycles. The molecule has 4 rings (SSSR count). The molecule has 0 atom stereocenters. The highest BCUT2D eigenvalue weighted by molar-refractivity contribution is 6.04. The maximum atomic E-state index is 12.6. The number of benzene rings is 3. The van der Waals surface area contributed by atoms with E-state index in [1.807, 2.05) is 24.3 Å². The van der Waals surface area contributed by atoms with Crippen LogP contribution in [0.3, 0.4) is 0 Å². The van der Waals surface area contributed by atoms with Crippen LogP contribution in [0.2, 0.25) is 0 Å². The highest BCUT2D eigenvalue weighted by Gasteiger charge is 2.20. The van der Waals surface area contributed by atoms with E-state index >= 15 is 0 Å². The van der Waals surface area contributed by atoms with Crippen LogP contribution in [0.5, 0.6) is 0 Å². The summed E-state index contributed by atoms with van der Waals surface area (Å²) in [6.07, 6.45) is 0. The number of amides is 1. The van der Waals surface area contributed by atoms with Gasteiger partial charge in [0, 0.05) is 22.9 Å². The van der Waals surface area contributed by atoms with Gasteiger partial charge in [0.1, 0.15) is 5.56 Å². The van der Waals surface area contributed by atoms with Crippen molar-refractivity contribution in [1.82, 2.24) is 10.1 Å². The molecule has 0 unspecified atom stereocenters. The SMILES string of the molecule is CC(C)(C)c1ccc(C(=O)Nc2ccc(-c3noc(-c4ccccc4[N+](=O)[O-])n3)cc2)cc1. The Bertz CT molecular complexity index is 1300. The molecule has 0 aliphatic rings. The second kappa shape index (κ2) is 8.66. The van der Waals surface area contributed by atoms with Crippen molar-refractivity contribution in [2.24, 2.45) is 0 Å². The second-order valence-corrected chi connectivity index (χ2v) is 8.56. The van der Waals surface area contributed by atoms with E-state index < -0.39 is 4.92 Å². The average Bonchev–Trinajstić information content (AvgIpc) is 3.29. The largest absolute Gasteiger partial charge is 0.333 e. The summed E-state index contributed by atoms with van der Waals surface area (Å²) in [4.78, 5) is 27.6. The van der Waals surface area contributed by atoms with Gasteiger partial charge >= 0.3 is 0 Å². The zero-order chi connectivity index (χ0) is 23.6. The highest BCUT2D eigenvalue weighted by Crippen LogP contribution is 2.30. The molecule has 0 saturated carbocycles. The van der Waals surface area contributed by atoms with Gasteiger partial charge in [-0.3, -0.25) is 14.9 Å². The summed E-state index contributed by atoms with van der Waals surface area (Å²) in [5, 5.41) is 18.0. The van der Waals surface area contributed by atoms with E-state index in [1.54, 1.807) is 42.5 Å². The van der Waals surface area contributed by atoms with Crippen LogP contribution >= 0.6 is 0 Å². The first-order chi connectivity index (χ1) is 15.7. The molecule has 0 fully saturated rings. The van der Waals surface area contributed by atoms with Crippen LogP contribution in [0.25, 0.3) is 22.8 Å². The Morgan fingerprint density at radius 2 is 1.64 bits per heavy atom. The summed E-state index contributed by atoms with van der Waals surface area (Å²) in [6, 6.07) is 20.7. The fourth-order valence-electron chi connectivity index (χ4n) is 3.29. The topological polar surface area (TPSA) is 111 Å². The standard InChI is InChI=1S/C25H22N4O4/c1-25(2,3)18-12-8-17(9-13-18)23(30)26-19-14-10-16(11-15-19)22-27-24(33-28-22)20-6-4-5-7-21(20)29(31)32/h4-15H,1-3H3,(H,26,30). The third kappa shape index (κ3) is 4.79. The molecule has 0 saturated heterocycles. The van der Waals surface area contributed by atoms with Gasteiger partial charge in [0.2, 0.25) is 5.82 Å². The zero-order valence-electron chi connectivity index (χ0n) is 18.4. The van der Waals surface area contributed by atoms with Gasteiger partial charge in [-0.25, -0.2) is 0 Å². The number of nitro groups is 1. The van der Waals surface area contributed by atoms with Crippen LogP contribution in [0.1, 0.15) is 36.7 Å². The Hall–Kier alpha value is -4.33. The maximum absolute atomic E-state index is 12.6. The van der Waals surface area contributed by atoms with E-state index in [-0.39, 0.29) is 28.5 Å². The molecule has 1 heterocycles. The molecular weight excluding hydrogens is 420 g/mol. The molecule has 166 valence electrons. The summed E-state index contributed by atoms with van der Waals surface area (Å²) in [7, 11) is 0. The predicted molar refractivity (Wildman–Crippen MR) is 125 cm³/mol. The number of hydrogen-bond donors (Lipinski definition) is 1. The lowest BCUT2D eigenvalue weighted by atomic mass is 9.87.